The number of carbonyl (C=O) groups excluding carboxylic acids is 1. The summed E-state index contributed by atoms with van der Waals surface area (Å²) in [6.07, 6.45) is 1.73. The first-order valence-corrected chi connectivity index (χ1v) is 9.99. The molecule has 0 spiro atoms. The Labute approximate surface area is 184 Å². The molecule has 0 radical (unpaired) electrons. The molecule has 0 fully saturated rings. The summed E-state index contributed by atoms with van der Waals surface area (Å²) in [5, 5.41) is 7.76. The Morgan fingerprint density at radius 2 is 1.77 bits per heavy atom. The maximum atomic E-state index is 13.3. The van der Waals surface area contributed by atoms with Crippen LogP contribution in [0.5, 0.6) is 5.75 Å². The fourth-order valence-corrected chi connectivity index (χ4v) is 3.15. The monoisotopic (exact) mass is 435 g/mol. The predicted molar refractivity (Wildman–Crippen MR) is 118 cm³/mol. The minimum Gasteiger partial charge on any atom is -0.489 e. The second kappa shape index (κ2) is 9.45. The lowest BCUT2D eigenvalue weighted by atomic mass is 10.1. The lowest BCUT2D eigenvalue weighted by Gasteiger charge is -2.08. The summed E-state index contributed by atoms with van der Waals surface area (Å²) in [4.78, 5) is 12.6. The third-order valence-corrected chi connectivity index (χ3v) is 4.78. The van der Waals surface area contributed by atoms with Crippen molar-refractivity contribution in [1.29, 1.82) is 0 Å². The van der Waals surface area contributed by atoms with Crippen LogP contribution in [-0.2, 0) is 13.2 Å². The third kappa shape index (κ3) is 5.71. The lowest BCUT2D eigenvalue weighted by Crippen LogP contribution is -2.13. The highest BCUT2D eigenvalue weighted by atomic mass is 35.5. The van der Waals surface area contributed by atoms with E-state index in [4.69, 9.17) is 16.3 Å². The van der Waals surface area contributed by atoms with Crippen LogP contribution in [-0.4, -0.2) is 15.7 Å². The lowest BCUT2D eigenvalue weighted by molar-refractivity contribution is 0.102. The molecule has 31 heavy (non-hydrogen) atoms. The van der Waals surface area contributed by atoms with Crippen LogP contribution in [0.25, 0.3) is 0 Å². The number of carbonyl (C=O) groups is 1. The summed E-state index contributed by atoms with van der Waals surface area (Å²) in [6, 6.07) is 22.3. The van der Waals surface area contributed by atoms with E-state index in [9.17, 15) is 9.18 Å². The molecule has 0 aliphatic heterocycles. The summed E-state index contributed by atoms with van der Waals surface area (Å²) >= 11 is 5.88. The Morgan fingerprint density at radius 1 is 1.00 bits per heavy atom. The summed E-state index contributed by atoms with van der Waals surface area (Å²) in [5.41, 5.74) is 2.14. The van der Waals surface area contributed by atoms with Crippen LogP contribution in [0.1, 0.15) is 21.5 Å². The molecule has 1 N–H and O–H groups in total. The first-order chi connectivity index (χ1) is 15.0. The molecule has 0 aliphatic carbocycles. The number of anilines is 1. The highest BCUT2D eigenvalue weighted by Gasteiger charge is 2.09. The van der Waals surface area contributed by atoms with Gasteiger partial charge in [0.1, 0.15) is 18.2 Å². The van der Waals surface area contributed by atoms with Crippen molar-refractivity contribution < 1.29 is 13.9 Å². The Hall–Kier alpha value is -3.64. The molecule has 4 rings (SSSR count). The van der Waals surface area contributed by atoms with Gasteiger partial charge in [-0.2, -0.15) is 5.10 Å². The molecule has 1 heterocycles. The molecule has 4 aromatic rings. The van der Waals surface area contributed by atoms with E-state index in [2.05, 4.69) is 10.4 Å². The molecule has 1 aromatic heterocycles. The van der Waals surface area contributed by atoms with Crippen molar-refractivity contribution >= 4 is 23.3 Å². The molecule has 0 bridgehead atoms. The topological polar surface area (TPSA) is 56.2 Å². The minimum atomic E-state index is -0.293. The number of nitrogens with one attached hydrogen (secondary N) is 1. The molecule has 3 aromatic carbocycles. The van der Waals surface area contributed by atoms with Crippen molar-refractivity contribution in [2.75, 3.05) is 5.32 Å². The van der Waals surface area contributed by atoms with Gasteiger partial charge in [-0.3, -0.25) is 9.48 Å². The van der Waals surface area contributed by atoms with E-state index in [0.717, 1.165) is 11.1 Å². The summed E-state index contributed by atoms with van der Waals surface area (Å²) < 4.78 is 20.7. The van der Waals surface area contributed by atoms with Gasteiger partial charge in [0.2, 0.25) is 0 Å². The number of ether oxygens (including phenoxy) is 1. The summed E-state index contributed by atoms with van der Waals surface area (Å²) in [7, 11) is 0. The van der Waals surface area contributed by atoms with Gasteiger partial charge in [0.15, 0.2) is 5.82 Å². The molecule has 0 saturated carbocycles. The van der Waals surface area contributed by atoms with Gasteiger partial charge in [0.25, 0.3) is 5.91 Å². The molecule has 0 unspecified atom stereocenters. The van der Waals surface area contributed by atoms with Crippen LogP contribution >= 0.6 is 11.6 Å². The predicted octanol–water partition coefficient (Wildman–Crippen LogP) is 5.56. The molecular weight excluding hydrogens is 417 g/mol. The fraction of sp³-hybridized carbons (Fsp3) is 0.0833. The van der Waals surface area contributed by atoms with Crippen molar-refractivity contribution in [2.45, 2.75) is 13.2 Å². The highest BCUT2D eigenvalue weighted by molar-refractivity contribution is 6.30. The second-order valence-electron chi connectivity index (χ2n) is 6.93. The number of hydrogen-bond acceptors (Lipinski definition) is 3. The van der Waals surface area contributed by atoms with Gasteiger partial charge >= 0.3 is 0 Å². The van der Waals surface area contributed by atoms with E-state index < -0.39 is 0 Å². The Bertz CT molecular complexity index is 1190. The average Bonchev–Trinajstić information content (AvgIpc) is 3.20. The number of hydrogen-bond donors (Lipinski definition) is 1. The quantitative estimate of drug-likeness (QED) is 0.413. The standard InChI is InChI=1S/C24H19ClFN3O2/c25-20-7-9-22(10-8-20)31-16-18-4-1-5-19(13-18)24(30)27-23-11-12-29(28-23)15-17-3-2-6-21(26)14-17/h1-14H,15-16H2,(H,27,28,30). The molecule has 1 amide bonds. The summed E-state index contributed by atoms with van der Waals surface area (Å²) in [6.45, 7) is 0.732. The molecule has 156 valence electrons. The molecule has 0 aliphatic rings. The van der Waals surface area contributed by atoms with Gasteiger partial charge in [0.05, 0.1) is 6.54 Å². The number of benzene rings is 3. The van der Waals surface area contributed by atoms with E-state index in [1.165, 1.54) is 12.1 Å². The van der Waals surface area contributed by atoms with Crippen LogP contribution in [0.2, 0.25) is 5.02 Å². The Morgan fingerprint density at radius 3 is 2.58 bits per heavy atom. The highest BCUT2D eigenvalue weighted by Crippen LogP contribution is 2.18. The molecule has 0 saturated heterocycles. The minimum absolute atomic E-state index is 0.274. The average molecular weight is 436 g/mol. The Balaban J connectivity index is 1.37. The maximum absolute atomic E-state index is 13.3. The van der Waals surface area contributed by atoms with Crippen LogP contribution < -0.4 is 10.1 Å². The Kier molecular flexibility index (Phi) is 6.29. The second-order valence-corrected chi connectivity index (χ2v) is 7.36. The van der Waals surface area contributed by atoms with Crippen LogP contribution in [0.3, 0.4) is 0 Å². The maximum Gasteiger partial charge on any atom is 0.256 e. The van der Waals surface area contributed by atoms with Crippen LogP contribution in [0.4, 0.5) is 10.2 Å². The van der Waals surface area contributed by atoms with E-state index in [-0.39, 0.29) is 11.7 Å². The number of aromatic nitrogens is 2. The first kappa shape index (κ1) is 20.6. The van der Waals surface area contributed by atoms with Crippen molar-refractivity contribution in [3.63, 3.8) is 0 Å². The van der Waals surface area contributed by atoms with Gasteiger partial charge in [-0.1, -0.05) is 35.9 Å². The van der Waals surface area contributed by atoms with E-state index >= 15 is 0 Å². The zero-order valence-corrected chi connectivity index (χ0v) is 17.2. The van der Waals surface area contributed by atoms with Crippen molar-refractivity contribution in [3.05, 3.63) is 113 Å². The zero-order chi connectivity index (χ0) is 21.6. The van der Waals surface area contributed by atoms with Crippen molar-refractivity contribution in [1.82, 2.24) is 9.78 Å². The summed E-state index contributed by atoms with van der Waals surface area (Å²) in [5.74, 6) is 0.551. The number of amides is 1. The van der Waals surface area contributed by atoms with Crippen molar-refractivity contribution in [2.24, 2.45) is 0 Å². The third-order valence-electron chi connectivity index (χ3n) is 4.52. The molecule has 5 nitrogen and oxygen atoms in total. The van der Waals surface area contributed by atoms with Gasteiger partial charge in [0, 0.05) is 22.8 Å². The van der Waals surface area contributed by atoms with E-state index in [0.29, 0.717) is 35.3 Å². The number of nitrogens with zero attached hydrogens (tertiary/aromatic N) is 2. The molecular formula is C24H19ClFN3O2. The zero-order valence-electron chi connectivity index (χ0n) is 16.5. The largest absolute Gasteiger partial charge is 0.489 e. The SMILES string of the molecule is O=C(Nc1ccn(Cc2cccc(F)c2)n1)c1cccc(COc2ccc(Cl)cc2)c1. The van der Waals surface area contributed by atoms with E-state index in [1.54, 1.807) is 65.5 Å². The van der Waals surface area contributed by atoms with Crippen LogP contribution in [0, 0.1) is 5.82 Å². The fourth-order valence-electron chi connectivity index (χ4n) is 3.03. The first-order valence-electron chi connectivity index (χ1n) is 9.62. The number of halogens is 2. The number of rotatable bonds is 7. The van der Waals surface area contributed by atoms with Gasteiger partial charge < -0.3 is 10.1 Å². The molecule has 0 atom stereocenters. The van der Waals surface area contributed by atoms with Gasteiger partial charge in [-0.05, 0) is 59.7 Å². The smallest absolute Gasteiger partial charge is 0.256 e. The molecule has 7 heteroatoms. The van der Waals surface area contributed by atoms with Crippen LogP contribution in [0.15, 0.2) is 85.1 Å². The normalized spacial score (nSPS) is 10.6. The van der Waals surface area contributed by atoms with Gasteiger partial charge in [-0.15, -0.1) is 0 Å². The van der Waals surface area contributed by atoms with Gasteiger partial charge in [-0.25, -0.2) is 4.39 Å². The van der Waals surface area contributed by atoms with E-state index in [1.807, 2.05) is 12.1 Å². The van der Waals surface area contributed by atoms with Crippen molar-refractivity contribution in [3.8, 4) is 5.75 Å².